The van der Waals surface area contributed by atoms with Gasteiger partial charge in [0.05, 0.1) is 24.3 Å². The number of methoxy groups -OCH3 is 2. The van der Waals surface area contributed by atoms with Gasteiger partial charge < -0.3 is 14.8 Å². The van der Waals surface area contributed by atoms with Crippen molar-refractivity contribution in [3.05, 3.63) is 27.7 Å². The second-order valence-electron chi connectivity index (χ2n) is 4.30. The van der Waals surface area contributed by atoms with E-state index in [1.54, 1.807) is 11.8 Å². The second kappa shape index (κ2) is 9.12. The molecule has 0 aliphatic heterocycles. The number of esters is 1. The van der Waals surface area contributed by atoms with Gasteiger partial charge in [-0.1, -0.05) is 23.2 Å². The molecule has 1 atom stereocenters. The predicted molar refractivity (Wildman–Crippen MR) is 89.3 cm³/mol. The van der Waals surface area contributed by atoms with Crippen molar-refractivity contribution in [1.82, 2.24) is 5.32 Å². The van der Waals surface area contributed by atoms with Gasteiger partial charge in [-0.25, -0.2) is 4.79 Å². The molecule has 0 heterocycles. The maximum atomic E-state index is 12.3. The first kappa shape index (κ1) is 18.9. The summed E-state index contributed by atoms with van der Waals surface area (Å²) in [7, 11) is 2.71. The molecule has 0 bridgehead atoms. The fourth-order valence-corrected chi connectivity index (χ4v) is 2.87. The summed E-state index contributed by atoms with van der Waals surface area (Å²) in [6.07, 6.45) is 2.39. The molecule has 0 aliphatic rings. The van der Waals surface area contributed by atoms with Gasteiger partial charge in [0.1, 0.15) is 6.04 Å². The van der Waals surface area contributed by atoms with Crippen LogP contribution in [0.2, 0.25) is 10.0 Å². The summed E-state index contributed by atoms with van der Waals surface area (Å²) >= 11 is 13.6. The Hall–Kier alpha value is -1.11. The smallest absolute Gasteiger partial charge is 0.328 e. The van der Waals surface area contributed by atoms with Gasteiger partial charge in [0.25, 0.3) is 5.91 Å². The van der Waals surface area contributed by atoms with Crippen LogP contribution >= 0.6 is 35.0 Å². The summed E-state index contributed by atoms with van der Waals surface area (Å²) in [5, 5.41) is 3.07. The van der Waals surface area contributed by atoms with Gasteiger partial charge in [0, 0.05) is 5.56 Å². The molecule has 1 aromatic rings. The number of hydrogen-bond donors (Lipinski definition) is 1. The zero-order valence-electron chi connectivity index (χ0n) is 12.4. The Bertz CT molecular complexity index is 531. The summed E-state index contributed by atoms with van der Waals surface area (Å²) in [6.45, 7) is 0. The average Bonchev–Trinajstić information content (AvgIpc) is 2.49. The van der Waals surface area contributed by atoms with Gasteiger partial charge in [-0.3, -0.25) is 4.79 Å². The minimum absolute atomic E-state index is 0.221. The molecule has 5 nitrogen and oxygen atoms in total. The molecule has 0 aliphatic carbocycles. The lowest BCUT2D eigenvalue weighted by atomic mass is 10.1. The van der Waals surface area contributed by atoms with Crippen molar-refractivity contribution in [3.8, 4) is 5.75 Å². The van der Waals surface area contributed by atoms with Crippen LogP contribution in [0.3, 0.4) is 0 Å². The molecule has 0 saturated carbocycles. The summed E-state index contributed by atoms with van der Waals surface area (Å²) in [5.74, 6) is 0.0623. The lowest BCUT2D eigenvalue weighted by Crippen LogP contribution is -2.41. The van der Waals surface area contributed by atoms with Crippen LogP contribution in [0.25, 0.3) is 0 Å². The van der Waals surface area contributed by atoms with Crippen molar-refractivity contribution >= 4 is 46.8 Å². The van der Waals surface area contributed by atoms with Crippen LogP contribution in [-0.2, 0) is 9.53 Å². The first-order chi connectivity index (χ1) is 10.4. The van der Waals surface area contributed by atoms with Crippen LogP contribution in [0.15, 0.2) is 12.1 Å². The third-order valence-corrected chi connectivity index (χ3v) is 4.07. The minimum Gasteiger partial charge on any atom is -0.494 e. The molecule has 122 valence electrons. The monoisotopic (exact) mass is 365 g/mol. The Kier molecular flexibility index (Phi) is 7.85. The standard InChI is InChI=1S/C14H17Cl2NO4S/c1-20-12-9(15)6-8(7-10(12)16)13(18)17-11(4-5-22-3)14(19)21-2/h6-7,11H,4-5H2,1-3H3,(H,17,18)/t11-/m1/s1. The molecular formula is C14H17Cl2NO4S. The minimum atomic E-state index is -0.718. The average molecular weight is 366 g/mol. The van der Waals surface area contributed by atoms with Crippen LogP contribution in [0, 0.1) is 0 Å². The molecule has 22 heavy (non-hydrogen) atoms. The predicted octanol–water partition coefficient (Wildman–Crippen LogP) is 3.03. The van der Waals surface area contributed by atoms with Crippen LogP contribution in [0.4, 0.5) is 0 Å². The quantitative estimate of drug-likeness (QED) is 0.752. The van der Waals surface area contributed by atoms with E-state index in [4.69, 9.17) is 32.7 Å². The van der Waals surface area contributed by atoms with E-state index in [0.717, 1.165) is 0 Å². The highest BCUT2D eigenvalue weighted by atomic mass is 35.5. The van der Waals surface area contributed by atoms with Crippen LogP contribution in [0.1, 0.15) is 16.8 Å². The van der Waals surface area contributed by atoms with E-state index in [1.807, 2.05) is 6.26 Å². The second-order valence-corrected chi connectivity index (χ2v) is 6.10. The molecule has 0 unspecified atom stereocenters. The van der Waals surface area contributed by atoms with Crippen molar-refractivity contribution in [2.75, 3.05) is 26.2 Å². The molecule has 0 radical (unpaired) electrons. The Labute approximate surface area is 143 Å². The Balaban J connectivity index is 2.92. The van der Waals surface area contributed by atoms with Gasteiger partial charge in [-0.05, 0) is 30.6 Å². The first-order valence-corrected chi connectivity index (χ1v) is 8.50. The molecule has 0 saturated heterocycles. The first-order valence-electron chi connectivity index (χ1n) is 6.35. The number of carbonyl (C=O) groups is 2. The zero-order chi connectivity index (χ0) is 16.7. The number of rotatable bonds is 7. The Morgan fingerprint density at radius 2 is 1.86 bits per heavy atom. The molecule has 0 fully saturated rings. The van der Waals surface area contributed by atoms with Crippen molar-refractivity contribution in [1.29, 1.82) is 0 Å². The number of amides is 1. The summed E-state index contributed by atoms with van der Waals surface area (Å²) < 4.78 is 9.72. The van der Waals surface area contributed by atoms with E-state index in [9.17, 15) is 9.59 Å². The number of carbonyl (C=O) groups excluding carboxylic acids is 2. The van der Waals surface area contributed by atoms with Crippen molar-refractivity contribution < 1.29 is 19.1 Å². The summed E-state index contributed by atoms with van der Waals surface area (Å²) in [4.78, 5) is 24.0. The highest BCUT2D eigenvalue weighted by Crippen LogP contribution is 2.33. The number of ether oxygens (including phenoxy) is 2. The van der Waals surface area contributed by atoms with E-state index in [1.165, 1.54) is 26.4 Å². The molecule has 0 aromatic heterocycles. The molecule has 1 amide bonds. The van der Waals surface area contributed by atoms with E-state index >= 15 is 0 Å². The zero-order valence-corrected chi connectivity index (χ0v) is 14.8. The van der Waals surface area contributed by atoms with Gasteiger partial charge in [-0.15, -0.1) is 0 Å². The normalized spacial score (nSPS) is 11.7. The highest BCUT2D eigenvalue weighted by molar-refractivity contribution is 7.98. The number of benzene rings is 1. The Morgan fingerprint density at radius 1 is 1.27 bits per heavy atom. The van der Waals surface area contributed by atoms with Gasteiger partial charge in [0.15, 0.2) is 5.75 Å². The molecule has 8 heteroatoms. The number of halogens is 2. The van der Waals surface area contributed by atoms with Gasteiger partial charge in [-0.2, -0.15) is 11.8 Å². The van der Waals surface area contributed by atoms with Crippen molar-refractivity contribution in [2.24, 2.45) is 0 Å². The van der Waals surface area contributed by atoms with Crippen LogP contribution in [-0.4, -0.2) is 44.1 Å². The molecule has 1 rings (SSSR count). The van der Waals surface area contributed by atoms with E-state index < -0.39 is 17.9 Å². The van der Waals surface area contributed by atoms with Crippen LogP contribution < -0.4 is 10.1 Å². The maximum Gasteiger partial charge on any atom is 0.328 e. The van der Waals surface area contributed by atoms with Gasteiger partial charge >= 0.3 is 5.97 Å². The van der Waals surface area contributed by atoms with E-state index in [2.05, 4.69) is 5.32 Å². The lowest BCUT2D eigenvalue weighted by Gasteiger charge is -2.16. The largest absolute Gasteiger partial charge is 0.494 e. The van der Waals surface area contributed by atoms with E-state index in [0.29, 0.717) is 17.9 Å². The SMILES string of the molecule is COC(=O)[C@@H](CCSC)NC(=O)c1cc(Cl)c(OC)c(Cl)c1. The third kappa shape index (κ3) is 4.97. The molecule has 1 aromatic carbocycles. The maximum absolute atomic E-state index is 12.3. The topological polar surface area (TPSA) is 64.6 Å². The third-order valence-electron chi connectivity index (χ3n) is 2.87. The molecular weight excluding hydrogens is 349 g/mol. The number of thioether (sulfide) groups is 1. The highest BCUT2D eigenvalue weighted by Gasteiger charge is 2.22. The lowest BCUT2D eigenvalue weighted by molar-refractivity contribution is -0.142. The fourth-order valence-electron chi connectivity index (χ4n) is 1.75. The van der Waals surface area contributed by atoms with Crippen molar-refractivity contribution in [2.45, 2.75) is 12.5 Å². The number of hydrogen-bond acceptors (Lipinski definition) is 5. The number of nitrogens with one attached hydrogen (secondary N) is 1. The van der Waals surface area contributed by atoms with Crippen LogP contribution in [0.5, 0.6) is 5.75 Å². The van der Waals surface area contributed by atoms with Crippen molar-refractivity contribution in [3.63, 3.8) is 0 Å². The van der Waals surface area contributed by atoms with E-state index in [-0.39, 0.29) is 15.6 Å². The molecule has 0 spiro atoms. The molecule has 1 N–H and O–H groups in total. The van der Waals surface area contributed by atoms with Gasteiger partial charge in [0.2, 0.25) is 0 Å². The fraction of sp³-hybridized carbons (Fsp3) is 0.429. The summed E-state index contributed by atoms with van der Waals surface area (Å²) in [6, 6.07) is 2.15. The summed E-state index contributed by atoms with van der Waals surface area (Å²) in [5.41, 5.74) is 0.244. The Morgan fingerprint density at radius 3 is 2.32 bits per heavy atom.